The third-order valence-electron chi connectivity index (χ3n) is 4.32. The van der Waals surface area contributed by atoms with Crippen molar-refractivity contribution >= 4 is 23.3 Å². The highest BCUT2D eigenvalue weighted by atomic mass is 35.5. The van der Waals surface area contributed by atoms with E-state index in [9.17, 15) is 4.79 Å². The summed E-state index contributed by atoms with van der Waals surface area (Å²) in [5.41, 5.74) is 2.12. The fourth-order valence-corrected chi connectivity index (χ4v) is 3.10. The molecule has 6 heteroatoms. The lowest BCUT2D eigenvalue weighted by atomic mass is 10.2. The van der Waals surface area contributed by atoms with E-state index < -0.39 is 0 Å². The predicted octanol–water partition coefficient (Wildman–Crippen LogP) is 3.38. The smallest absolute Gasteiger partial charge is 0.317 e. The van der Waals surface area contributed by atoms with E-state index in [1.54, 1.807) is 7.11 Å². The third-order valence-corrected chi connectivity index (χ3v) is 4.55. The van der Waals surface area contributed by atoms with Gasteiger partial charge in [0.05, 0.1) is 7.11 Å². The molecule has 1 aliphatic rings. The molecule has 1 saturated heterocycles. The molecule has 2 aromatic carbocycles. The maximum atomic E-state index is 12.4. The predicted molar refractivity (Wildman–Crippen MR) is 100 cm³/mol. The van der Waals surface area contributed by atoms with Crippen molar-refractivity contribution in [3.63, 3.8) is 0 Å². The molecule has 0 radical (unpaired) electrons. The van der Waals surface area contributed by atoms with E-state index >= 15 is 0 Å². The maximum Gasteiger partial charge on any atom is 0.317 e. The number of urea groups is 1. The molecule has 2 aromatic rings. The van der Waals surface area contributed by atoms with Gasteiger partial charge in [-0.2, -0.15) is 0 Å². The molecule has 25 heavy (non-hydrogen) atoms. The minimum atomic E-state index is -0.0337. The Hall–Kier alpha value is -2.40. The number of hydrogen-bond acceptors (Lipinski definition) is 3. The largest absolute Gasteiger partial charge is 0.497 e. The van der Waals surface area contributed by atoms with Gasteiger partial charge >= 0.3 is 6.03 Å². The average Bonchev–Trinajstić information content (AvgIpc) is 2.66. The molecule has 5 nitrogen and oxygen atoms in total. The molecule has 0 spiro atoms. The van der Waals surface area contributed by atoms with Crippen molar-refractivity contribution in [2.75, 3.05) is 38.2 Å². The van der Waals surface area contributed by atoms with Crippen molar-refractivity contribution < 1.29 is 9.53 Å². The normalized spacial score (nSPS) is 14.3. The SMILES string of the molecule is COc1cccc(CNC(=O)N2CCN(c3cccc(Cl)c3)CC2)c1. The Labute approximate surface area is 153 Å². The number of ether oxygens (including phenoxy) is 1. The first-order valence-electron chi connectivity index (χ1n) is 8.32. The standard InChI is InChI=1S/C19H22ClN3O2/c1-25-18-7-2-4-15(12-18)14-21-19(24)23-10-8-22(9-11-23)17-6-3-5-16(20)13-17/h2-7,12-13H,8-11,14H2,1H3,(H,21,24). The highest BCUT2D eigenvalue weighted by molar-refractivity contribution is 6.30. The van der Waals surface area contributed by atoms with Crippen LogP contribution in [0.3, 0.4) is 0 Å². The van der Waals surface area contributed by atoms with Gasteiger partial charge in [-0.1, -0.05) is 29.8 Å². The number of halogens is 1. The van der Waals surface area contributed by atoms with Gasteiger partial charge in [-0.15, -0.1) is 0 Å². The van der Waals surface area contributed by atoms with E-state index in [0.29, 0.717) is 19.6 Å². The molecule has 132 valence electrons. The summed E-state index contributed by atoms with van der Waals surface area (Å²) in [6, 6.07) is 15.5. The van der Waals surface area contributed by atoms with Crippen LogP contribution >= 0.6 is 11.6 Å². The Morgan fingerprint density at radius 2 is 1.88 bits per heavy atom. The van der Waals surface area contributed by atoms with E-state index in [4.69, 9.17) is 16.3 Å². The second-order valence-corrected chi connectivity index (χ2v) is 6.40. The van der Waals surface area contributed by atoms with E-state index in [-0.39, 0.29) is 6.03 Å². The van der Waals surface area contributed by atoms with Gasteiger partial charge in [0.1, 0.15) is 5.75 Å². The van der Waals surface area contributed by atoms with Crippen LogP contribution in [0.2, 0.25) is 5.02 Å². The molecule has 0 atom stereocenters. The lowest BCUT2D eigenvalue weighted by Crippen LogP contribution is -2.51. The maximum absolute atomic E-state index is 12.4. The number of carbonyl (C=O) groups excluding carboxylic acids is 1. The van der Waals surface area contributed by atoms with Gasteiger partial charge in [0, 0.05) is 43.4 Å². The third kappa shape index (κ3) is 4.57. The monoisotopic (exact) mass is 359 g/mol. The van der Waals surface area contributed by atoms with Gasteiger partial charge < -0.3 is 19.9 Å². The van der Waals surface area contributed by atoms with Crippen molar-refractivity contribution in [2.45, 2.75) is 6.54 Å². The summed E-state index contributed by atoms with van der Waals surface area (Å²) in [5.74, 6) is 0.793. The van der Waals surface area contributed by atoms with Gasteiger partial charge in [0.15, 0.2) is 0 Å². The molecule has 1 fully saturated rings. The summed E-state index contributed by atoms with van der Waals surface area (Å²) in [4.78, 5) is 16.5. The van der Waals surface area contributed by atoms with E-state index in [1.165, 1.54) is 0 Å². The molecule has 1 N–H and O–H groups in total. The van der Waals surface area contributed by atoms with Crippen molar-refractivity contribution in [2.24, 2.45) is 0 Å². The molecule has 0 unspecified atom stereocenters. The van der Waals surface area contributed by atoms with Crippen LogP contribution in [-0.4, -0.2) is 44.2 Å². The average molecular weight is 360 g/mol. The minimum absolute atomic E-state index is 0.0337. The highest BCUT2D eigenvalue weighted by Gasteiger charge is 2.21. The number of nitrogens with zero attached hydrogens (tertiary/aromatic N) is 2. The van der Waals surface area contributed by atoms with Crippen molar-refractivity contribution in [3.05, 3.63) is 59.1 Å². The van der Waals surface area contributed by atoms with Crippen LogP contribution in [0.1, 0.15) is 5.56 Å². The van der Waals surface area contributed by atoms with Gasteiger partial charge in [-0.3, -0.25) is 0 Å². The Kier molecular flexibility index (Phi) is 5.66. The molecule has 0 saturated carbocycles. The van der Waals surface area contributed by atoms with E-state index in [1.807, 2.05) is 53.4 Å². The Morgan fingerprint density at radius 3 is 2.60 bits per heavy atom. The number of benzene rings is 2. The van der Waals surface area contributed by atoms with Gasteiger partial charge in [-0.25, -0.2) is 4.79 Å². The number of amides is 2. The first kappa shape index (κ1) is 17.4. The number of carbonyl (C=O) groups is 1. The molecule has 2 amide bonds. The van der Waals surface area contributed by atoms with Crippen molar-refractivity contribution in [3.8, 4) is 5.75 Å². The summed E-state index contributed by atoms with van der Waals surface area (Å²) in [6.07, 6.45) is 0. The van der Waals surface area contributed by atoms with Crippen LogP contribution in [-0.2, 0) is 6.54 Å². The molecular formula is C19H22ClN3O2. The van der Waals surface area contributed by atoms with Crippen LogP contribution in [0.4, 0.5) is 10.5 Å². The van der Waals surface area contributed by atoms with Crippen LogP contribution in [0.15, 0.2) is 48.5 Å². The van der Waals surface area contributed by atoms with E-state index in [2.05, 4.69) is 10.2 Å². The van der Waals surface area contributed by atoms with Crippen LogP contribution in [0.25, 0.3) is 0 Å². The number of anilines is 1. The first-order valence-corrected chi connectivity index (χ1v) is 8.70. The Balaban J connectivity index is 1.49. The number of hydrogen-bond donors (Lipinski definition) is 1. The summed E-state index contributed by atoms with van der Waals surface area (Å²) in [6.45, 7) is 3.47. The number of piperazine rings is 1. The van der Waals surface area contributed by atoms with Gasteiger partial charge in [0.25, 0.3) is 0 Å². The molecule has 1 aliphatic heterocycles. The zero-order valence-corrected chi connectivity index (χ0v) is 15.0. The van der Waals surface area contributed by atoms with Gasteiger partial charge in [-0.05, 0) is 35.9 Å². The van der Waals surface area contributed by atoms with Crippen LogP contribution in [0, 0.1) is 0 Å². The lowest BCUT2D eigenvalue weighted by molar-refractivity contribution is 0.194. The zero-order chi connectivity index (χ0) is 17.6. The molecule has 1 heterocycles. The van der Waals surface area contributed by atoms with E-state index in [0.717, 1.165) is 35.1 Å². The second-order valence-electron chi connectivity index (χ2n) is 5.96. The number of nitrogens with one attached hydrogen (secondary N) is 1. The quantitative estimate of drug-likeness (QED) is 0.910. The summed E-state index contributed by atoms with van der Waals surface area (Å²) in [5, 5.41) is 3.71. The molecule has 0 aromatic heterocycles. The summed E-state index contributed by atoms with van der Waals surface area (Å²) in [7, 11) is 1.64. The Bertz CT molecular complexity index is 730. The fraction of sp³-hybridized carbons (Fsp3) is 0.316. The molecular weight excluding hydrogens is 338 g/mol. The first-order chi connectivity index (χ1) is 12.2. The van der Waals surface area contributed by atoms with Crippen LogP contribution < -0.4 is 15.0 Å². The number of rotatable bonds is 4. The van der Waals surface area contributed by atoms with Crippen LogP contribution in [0.5, 0.6) is 5.75 Å². The molecule has 3 rings (SSSR count). The van der Waals surface area contributed by atoms with Gasteiger partial charge in [0.2, 0.25) is 0 Å². The zero-order valence-electron chi connectivity index (χ0n) is 14.2. The number of methoxy groups -OCH3 is 1. The topological polar surface area (TPSA) is 44.8 Å². The summed E-state index contributed by atoms with van der Waals surface area (Å²) >= 11 is 6.05. The van der Waals surface area contributed by atoms with Crippen molar-refractivity contribution in [1.29, 1.82) is 0 Å². The summed E-state index contributed by atoms with van der Waals surface area (Å²) < 4.78 is 5.20. The molecule has 0 aliphatic carbocycles. The van der Waals surface area contributed by atoms with Crippen molar-refractivity contribution in [1.82, 2.24) is 10.2 Å². The Morgan fingerprint density at radius 1 is 1.12 bits per heavy atom. The minimum Gasteiger partial charge on any atom is -0.497 e. The molecule has 0 bridgehead atoms. The second kappa shape index (κ2) is 8.12. The highest BCUT2D eigenvalue weighted by Crippen LogP contribution is 2.20. The lowest BCUT2D eigenvalue weighted by Gasteiger charge is -2.36. The fourth-order valence-electron chi connectivity index (χ4n) is 2.91.